The molecule has 2 nitrogen and oxygen atoms in total. The molecular weight excluding hydrogens is 196 g/mol. The summed E-state index contributed by atoms with van der Waals surface area (Å²) in [5.74, 6) is 0.859. The van der Waals surface area contributed by atoms with Crippen LogP contribution in [0, 0.1) is 5.92 Å². The van der Waals surface area contributed by atoms with E-state index in [0.29, 0.717) is 11.6 Å². The van der Waals surface area contributed by atoms with Crippen molar-refractivity contribution in [2.24, 2.45) is 5.92 Å². The van der Waals surface area contributed by atoms with Gasteiger partial charge in [0.1, 0.15) is 0 Å². The molecule has 96 valence electrons. The number of nitrogens with zero attached hydrogens (tertiary/aromatic N) is 1. The van der Waals surface area contributed by atoms with Crippen molar-refractivity contribution in [1.29, 1.82) is 0 Å². The minimum atomic E-state index is 0.348. The Balaban J connectivity index is 2.43. The smallest absolute Gasteiger partial charge is 0.0150 e. The molecule has 0 aliphatic heterocycles. The van der Waals surface area contributed by atoms with Crippen LogP contribution in [0.3, 0.4) is 0 Å². The second-order valence-corrected chi connectivity index (χ2v) is 6.24. The molecule has 0 bridgehead atoms. The number of hydrogen-bond donors (Lipinski definition) is 1. The van der Waals surface area contributed by atoms with Gasteiger partial charge in [0.25, 0.3) is 0 Å². The summed E-state index contributed by atoms with van der Waals surface area (Å²) >= 11 is 0. The highest BCUT2D eigenvalue weighted by atomic mass is 15.2. The topological polar surface area (TPSA) is 15.3 Å². The molecule has 1 saturated carbocycles. The van der Waals surface area contributed by atoms with Crippen LogP contribution in [0.5, 0.6) is 0 Å². The van der Waals surface area contributed by atoms with Gasteiger partial charge in [-0.05, 0) is 52.6 Å². The van der Waals surface area contributed by atoms with Gasteiger partial charge in [-0.1, -0.05) is 20.8 Å². The van der Waals surface area contributed by atoms with Gasteiger partial charge in [-0.3, -0.25) is 4.90 Å². The standard InChI is InChI=1S/C14H30N2/c1-7-14(4,5)16(6)13-9-8-12(13)10-15-11(2)3/h11-13,15H,7-10H2,1-6H3. The van der Waals surface area contributed by atoms with Crippen LogP contribution < -0.4 is 5.32 Å². The van der Waals surface area contributed by atoms with Crippen LogP contribution in [-0.4, -0.2) is 36.1 Å². The lowest BCUT2D eigenvalue weighted by Gasteiger charge is -2.49. The van der Waals surface area contributed by atoms with E-state index in [0.717, 1.165) is 12.0 Å². The normalized spacial score (nSPS) is 26.2. The van der Waals surface area contributed by atoms with Crippen molar-refractivity contribution < 1.29 is 0 Å². The first kappa shape index (κ1) is 14.0. The molecule has 1 rings (SSSR count). The fourth-order valence-electron chi connectivity index (χ4n) is 2.38. The molecule has 0 heterocycles. The van der Waals surface area contributed by atoms with Crippen LogP contribution in [-0.2, 0) is 0 Å². The van der Waals surface area contributed by atoms with Gasteiger partial charge in [0.15, 0.2) is 0 Å². The molecule has 2 heteroatoms. The molecular formula is C14H30N2. The van der Waals surface area contributed by atoms with Crippen LogP contribution in [0.25, 0.3) is 0 Å². The molecule has 1 aliphatic rings. The van der Waals surface area contributed by atoms with Crippen LogP contribution in [0.4, 0.5) is 0 Å². The van der Waals surface area contributed by atoms with Gasteiger partial charge in [-0.15, -0.1) is 0 Å². The molecule has 2 atom stereocenters. The molecule has 1 fully saturated rings. The maximum absolute atomic E-state index is 3.58. The Hall–Kier alpha value is -0.0800. The number of nitrogens with one attached hydrogen (secondary N) is 1. The Morgan fingerprint density at radius 3 is 2.31 bits per heavy atom. The molecule has 1 aliphatic carbocycles. The summed E-state index contributed by atoms with van der Waals surface area (Å²) in [6.45, 7) is 12.7. The fraction of sp³-hybridized carbons (Fsp3) is 1.00. The molecule has 0 aromatic heterocycles. The maximum atomic E-state index is 3.58. The van der Waals surface area contributed by atoms with E-state index in [1.807, 2.05) is 0 Å². The third-order valence-electron chi connectivity index (χ3n) is 4.48. The third-order valence-corrected chi connectivity index (χ3v) is 4.48. The van der Waals surface area contributed by atoms with E-state index < -0.39 is 0 Å². The number of rotatable bonds is 6. The molecule has 0 spiro atoms. The molecule has 0 amide bonds. The molecule has 16 heavy (non-hydrogen) atoms. The predicted octanol–water partition coefficient (Wildman–Crippen LogP) is 2.88. The first-order chi connectivity index (χ1) is 7.38. The minimum Gasteiger partial charge on any atom is -0.314 e. The highest BCUT2D eigenvalue weighted by molar-refractivity contribution is 4.94. The summed E-state index contributed by atoms with van der Waals surface area (Å²) in [7, 11) is 2.30. The van der Waals surface area contributed by atoms with Crippen molar-refractivity contribution in [1.82, 2.24) is 10.2 Å². The Labute approximate surface area is 102 Å². The fourth-order valence-corrected chi connectivity index (χ4v) is 2.38. The van der Waals surface area contributed by atoms with Crippen molar-refractivity contribution >= 4 is 0 Å². The second kappa shape index (κ2) is 5.50. The highest BCUT2D eigenvalue weighted by Crippen LogP contribution is 2.35. The molecule has 1 N–H and O–H groups in total. The molecule has 0 saturated heterocycles. The Morgan fingerprint density at radius 2 is 1.94 bits per heavy atom. The number of hydrogen-bond acceptors (Lipinski definition) is 2. The lowest BCUT2D eigenvalue weighted by molar-refractivity contribution is 0.00846. The highest BCUT2D eigenvalue weighted by Gasteiger charge is 2.38. The first-order valence-corrected chi connectivity index (χ1v) is 6.84. The minimum absolute atomic E-state index is 0.348. The summed E-state index contributed by atoms with van der Waals surface area (Å²) in [6, 6.07) is 1.41. The zero-order valence-electron chi connectivity index (χ0n) is 12.0. The van der Waals surface area contributed by atoms with Crippen LogP contribution in [0.15, 0.2) is 0 Å². The predicted molar refractivity (Wildman–Crippen MR) is 71.8 cm³/mol. The van der Waals surface area contributed by atoms with Gasteiger partial charge < -0.3 is 5.32 Å². The molecule has 0 aromatic rings. The maximum Gasteiger partial charge on any atom is 0.0150 e. The molecule has 0 radical (unpaired) electrons. The van der Waals surface area contributed by atoms with Gasteiger partial charge in [0, 0.05) is 17.6 Å². The van der Waals surface area contributed by atoms with E-state index in [2.05, 4.69) is 51.9 Å². The largest absolute Gasteiger partial charge is 0.314 e. The Kier molecular flexibility index (Phi) is 4.81. The third kappa shape index (κ3) is 3.21. The van der Waals surface area contributed by atoms with Crippen LogP contribution in [0.1, 0.15) is 53.9 Å². The van der Waals surface area contributed by atoms with E-state index >= 15 is 0 Å². The van der Waals surface area contributed by atoms with Crippen molar-refractivity contribution in [2.75, 3.05) is 13.6 Å². The quantitative estimate of drug-likeness (QED) is 0.749. The summed E-state index contributed by atoms with van der Waals surface area (Å²) < 4.78 is 0. The SMILES string of the molecule is CCC(C)(C)N(C)C1CCC1CNC(C)C. The summed E-state index contributed by atoms with van der Waals surface area (Å²) in [5, 5.41) is 3.58. The van der Waals surface area contributed by atoms with Crippen LogP contribution in [0.2, 0.25) is 0 Å². The summed E-state index contributed by atoms with van der Waals surface area (Å²) in [5.41, 5.74) is 0.348. The van der Waals surface area contributed by atoms with E-state index in [-0.39, 0.29) is 0 Å². The Morgan fingerprint density at radius 1 is 1.31 bits per heavy atom. The van der Waals surface area contributed by atoms with E-state index in [1.54, 1.807) is 0 Å². The molecule has 2 unspecified atom stereocenters. The van der Waals surface area contributed by atoms with Gasteiger partial charge in [-0.25, -0.2) is 0 Å². The second-order valence-electron chi connectivity index (χ2n) is 6.24. The van der Waals surface area contributed by atoms with Gasteiger partial charge in [-0.2, -0.15) is 0 Å². The zero-order chi connectivity index (χ0) is 12.3. The van der Waals surface area contributed by atoms with Gasteiger partial charge >= 0.3 is 0 Å². The average Bonchev–Trinajstić information content (AvgIpc) is 2.15. The van der Waals surface area contributed by atoms with Crippen molar-refractivity contribution in [3.8, 4) is 0 Å². The monoisotopic (exact) mass is 226 g/mol. The Bertz CT molecular complexity index is 211. The van der Waals surface area contributed by atoms with Crippen molar-refractivity contribution in [2.45, 2.75) is 71.5 Å². The zero-order valence-corrected chi connectivity index (χ0v) is 12.0. The van der Waals surface area contributed by atoms with E-state index in [9.17, 15) is 0 Å². The summed E-state index contributed by atoms with van der Waals surface area (Å²) in [4.78, 5) is 2.60. The van der Waals surface area contributed by atoms with Gasteiger partial charge in [0.05, 0.1) is 0 Å². The van der Waals surface area contributed by atoms with Crippen LogP contribution >= 0.6 is 0 Å². The average molecular weight is 226 g/mol. The summed E-state index contributed by atoms with van der Waals surface area (Å²) in [6.07, 6.45) is 4.00. The molecule has 0 aromatic carbocycles. The van der Waals surface area contributed by atoms with Gasteiger partial charge in [0.2, 0.25) is 0 Å². The lowest BCUT2D eigenvalue weighted by Crippen LogP contribution is -2.56. The van der Waals surface area contributed by atoms with Crippen molar-refractivity contribution in [3.05, 3.63) is 0 Å². The van der Waals surface area contributed by atoms with E-state index in [1.165, 1.54) is 25.8 Å². The first-order valence-electron chi connectivity index (χ1n) is 6.84. The van der Waals surface area contributed by atoms with Crippen molar-refractivity contribution in [3.63, 3.8) is 0 Å². The lowest BCUT2D eigenvalue weighted by atomic mass is 9.76. The van der Waals surface area contributed by atoms with E-state index in [4.69, 9.17) is 0 Å².